The van der Waals surface area contributed by atoms with Crippen molar-refractivity contribution in [2.45, 2.75) is 38.1 Å². The van der Waals surface area contributed by atoms with Crippen molar-refractivity contribution in [1.82, 2.24) is 24.4 Å². The van der Waals surface area contributed by atoms with Crippen molar-refractivity contribution in [3.63, 3.8) is 0 Å². The average Bonchev–Trinajstić information content (AvgIpc) is 3.40. The third kappa shape index (κ3) is 4.03. The van der Waals surface area contributed by atoms with Crippen molar-refractivity contribution < 1.29 is 17.7 Å². The minimum Gasteiger partial charge on any atom is -0.360 e. The van der Waals surface area contributed by atoms with E-state index in [-0.39, 0.29) is 17.9 Å². The zero-order chi connectivity index (χ0) is 19.0. The summed E-state index contributed by atoms with van der Waals surface area (Å²) in [6, 6.07) is 1.65. The molecule has 27 heavy (non-hydrogen) atoms. The third-order valence-electron chi connectivity index (χ3n) is 5.65. The Morgan fingerprint density at radius 2 is 1.96 bits per heavy atom. The standard InChI is InChI=1S/C17H27N5O4S/c1-12-11-22(27(24,25)21-8-5-18-6-9-21)7-4-14(12)19-17(23)15-10-16(26-20-15)13-2-3-13/h10,12-14,18H,2-9,11H2,1H3,(H,19,23)/t12-,14+/m0/s1. The second-order valence-corrected chi connectivity index (χ2v) is 9.68. The lowest BCUT2D eigenvalue weighted by Gasteiger charge is -2.39. The van der Waals surface area contributed by atoms with E-state index >= 15 is 0 Å². The Bertz CT molecular complexity index is 785. The van der Waals surface area contributed by atoms with Crippen LogP contribution in [0.3, 0.4) is 0 Å². The number of nitrogens with zero attached hydrogens (tertiary/aromatic N) is 3. The van der Waals surface area contributed by atoms with Gasteiger partial charge in [-0.1, -0.05) is 12.1 Å². The molecule has 2 saturated heterocycles. The maximum atomic E-state index is 12.8. The fourth-order valence-corrected chi connectivity index (χ4v) is 5.50. The van der Waals surface area contributed by atoms with Crippen molar-refractivity contribution in [3.8, 4) is 0 Å². The lowest BCUT2D eigenvalue weighted by molar-refractivity contribution is 0.0890. The predicted octanol–water partition coefficient (Wildman–Crippen LogP) is 0.142. The highest BCUT2D eigenvalue weighted by atomic mass is 32.2. The van der Waals surface area contributed by atoms with E-state index < -0.39 is 10.2 Å². The van der Waals surface area contributed by atoms with E-state index in [1.54, 1.807) is 14.7 Å². The van der Waals surface area contributed by atoms with Gasteiger partial charge in [0.25, 0.3) is 16.1 Å². The summed E-state index contributed by atoms with van der Waals surface area (Å²) in [5.41, 5.74) is 0.306. The molecular weight excluding hydrogens is 370 g/mol. The number of carbonyl (C=O) groups excluding carboxylic acids is 1. The Morgan fingerprint density at radius 3 is 2.63 bits per heavy atom. The summed E-state index contributed by atoms with van der Waals surface area (Å²) in [5, 5.41) is 10.0. The lowest BCUT2D eigenvalue weighted by atomic mass is 9.95. The minimum absolute atomic E-state index is 0.0233. The molecule has 3 fully saturated rings. The first-order valence-electron chi connectivity index (χ1n) is 9.68. The molecule has 0 aromatic carbocycles. The van der Waals surface area contributed by atoms with Crippen LogP contribution in [-0.4, -0.2) is 73.4 Å². The summed E-state index contributed by atoms with van der Waals surface area (Å²) in [5.74, 6) is 0.970. The Kier molecular flexibility index (Phi) is 5.23. The molecule has 9 nitrogen and oxygen atoms in total. The van der Waals surface area contributed by atoms with E-state index in [1.807, 2.05) is 6.92 Å². The largest absolute Gasteiger partial charge is 0.360 e. The van der Waals surface area contributed by atoms with E-state index in [0.717, 1.165) is 18.6 Å². The highest BCUT2D eigenvalue weighted by Gasteiger charge is 2.37. The Hall–Kier alpha value is -1.49. The summed E-state index contributed by atoms with van der Waals surface area (Å²) in [7, 11) is -3.43. The van der Waals surface area contributed by atoms with Gasteiger partial charge in [-0.2, -0.15) is 17.0 Å². The van der Waals surface area contributed by atoms with Gasteiger partial charge in [-0.05, 0) is 25.2 Å². The number of carbonyl (C=O) groups is 1. The lowest BCUT2D eigenvalue weighted by Crippen LogP contribution is -2.57. The van der Waals surface area contributed by atoms with E-state index in [4.69, 9.17) is 4.52 Å². The summed E-state index contributed by atoms with van der Waals surface area (Å²) >= 11 is 0. The number of piperazine rings is 1. The number of hydrogen-bond acceptors (Lipinski definition) is 6. The fraction of sp³-hybridized carbons (Fsp3) is 0.765. The summed E-state index contributed by atoms with van der Waals surface area (Å²) in [4.78, 5) is 12.5. The molecule has 0 radical (unpaired) electrons. The van der Waals surface area contributed by atoms with Gasteiger partial charge in [0, 0.05) is 57.3 Å². The fourth-order valence-electron chi connectivity index (χ4n) is 3.77. The molecule has 1 aromatic rings. The number of piperidine rings is 1. The SMILES string of the molecule is C[C@H]1CN(S(=O)(=O)N2CCNCC2)CC[C@H]1NC(=O)c1cc(C2CC2)on1. The average molecular weight is 398 g/mol. The molecule has 2 atom stereocenters. The number of nitrogens with one attached hydrogen (secondary N) is 2. The van der Waals surface area contributed by atoms with Gasteiger partial charge >= 0.3 is 0 Å². The molecule has 1 saturated carbocycles. The summed E-state index contributed by atoms with van der Waals surface area (Å²) in [6.07, 6.45) is 2.77. The summed E-state index contributed by atoms with van der Waals surface area (Å²) in [6.45, 7) is 5.16. The zero-order valence-electron chi connectivity index (χ0n) is 15.6. The number of hydrogen-bond donors (Lipinski definition) is 2. The third-order valence-corrected chi connectivity index (χ3v) is 7.66. The number of aromatic nitrogens is 1. The van der Waals surface area contributed by atoms with Gasteiger partial charge in [0.05, 0.1) is 0 Å². The van der Waals surface area contributed by atoms with Gasteiger partial charge in [0.1, 0.15) is 5.76 Å². The first-order chi connectivity index (χ1) is 12.9. The topological polar surface area (TPSA) is 108 Å². The normalized spacial score (nSPS) is 28.2. The highest BCUT2D eigenvalue weighted by molar-refractivity contribution is 7.86. The van der Waals surface area contributed by atoms with Gasteiger partial charge < -0.3 is 15.2 Å². The van der Waals surface area contributed by atoms with Crippen molar-refractivity contribution in [1.29, 1.82) is 0 Å². The molecule has 2 aliphatic heterocycles. The molecule has 3 aliphatic rings. The van der Waals surface area contributed by atoms with E-state index in [2.05, 4.69) is 15.8 Å². The molecule has 2 N–H and O–H groups in total. The second-order valence-electron chi connectivity index (χ2n) is 7.75. The van der Waals surface area contributed by atoms with Gasteiger partial charge in [-0.25, -0.2) is 0 Å². The predicted molar refractivity (Wildman–Crippen MR) is 98.4 cm³/mol. The van der Waals surface area contributed by atoms with E-state index in [0.29, 0.717) is 57.3 Å². The molecule has 3 heterocycles. The summed E-state index contributed by atoms with van der Waals surface area (Å²) < 4.78 is 34.0. The van der Waals surface area contributed by atoms with Gasteiger partial charge in [-0.3, -0.25) is 4.79 Å². The van der Waals surface area contributed by atoms with Crippen LogP contribution in [0.5, 0.6) is 0 Å². The molecule has 0 spiro atoms. The first-order valence-corrected chi connectivity index (χ1v) is 11.1. The quantitative estimate of drug-likeness (QED) is 0.732. The molecule has 4 rings (SSSR count). The van der Waals surface area contributed by atoms with Crippen LogP contribution in [0.4, 0.5) is 0 Å². The van der Waals surface area contributed by atoms with Crippen LogP contribution >= 0.6 is 0 Å². The number of amides is 1. The van der Waals surface area contributed by atoms with Gasteiger partial charge in [-0.15, -0.1) is 0 Å². The Balaban J connectivity index is 1.34. The molecule has 150 valence electrons. The molecule has 0 bridgehead atoms. The molecule has 0 unspecified atom stereocenters. The zero-order valence-corrected chi connectivity index (χ0v) is 16.4. The molecule has 1 aliphatic carbocycles. The van der Waals surface area contributed by atoms with Crippen LogP contribution in [0.25, 0.3) is 0 Å². The van der Waals surface area contributed by atoms with Crippen molar-refractivity contribution >= 4 is 16.1 Å². The maximum absolute atomic E-state index is 12.8. The molecule has 1 amide bonds. The van der Waals surface area contributed by atoms with Crippen LogP contribution in [0.2, 0.25) is 0 Å². The van der Waals surface area contributed by atoms with Gasteiger partial charge in [0.15, 0.2) is 5.69 Å². The number of rotatable bonds is 5. The monoisotopic (exact) mass is 397 g/mol. The van der Waals surface area contributed by atoms with Crippen molar-refractivity contribution in [2.75, 3.05) is 39.3 Å². The van der Waals surface area contributed by atoms with Crippen LogP contribution < -0.4 is 10.6 Å². The van der Waals surface area contributed by atoms with E-state index in [1.165, 1.54) is 0 Å². The Labute approximate surface area is 159 Å². The van der Waals surface area contributed by atoms with Crippen molar-refractivity contribution in [3.05, 3.63) is 17.5 Å². The van der Waals surface area contributed by atoms with Crippen LogP contribution in [0, 0.1) is 5.92 Å². The highest BCUT2D eigenvalue weighted by Crippen LogP contribution is 2.40. The van der Waals surface area contributed by atoms with E-state index in [9.17, 15) is 13.2 Å². The maximum Gasteiger partial charge on any atom is 0.282 e. The molecule has 1 aromatic heterocycles. The van der Waals surface area contributed by atoms with Crippen LogP contribution in [-0.2, 0) is 10.2 Å². The smallest absolute Gasteiger partial charge is 0.282 e. The van der Waals surface area contributed by atoms with Crippen molar-refractivity contribution in [2.24, 2.45) is 5.92 Å². The van der Waals surface area contributed by atoms with Gasteiger partial charge in [0.2, 0.25) is 0 Å². The van der Waals surface area contributed by atoms with Crippen LogP contribution in [0.1, 0.15) is 48.4 Å². The minimum atomic E-state index is -3.43. The second kappa shape index (κ2) is 7.50. The molecule has 10 heteroatoms. The Morgan fingerprint density at radius 1 is 1.22 bits per heavy atom. The van der Waals surface area contributed by atoms with Crippen LogP contribution in [0.15, 0.2) is 10.6 Å². The first kappa shape index (κ1) is 18.9. The molecular formula is C17H27N5O4S.